The molecule has 1 aromatic heterocycles. The molecule has 0 saturated carbocycles. The lowest BCUT2D eigenvalue weighted by Gasteiger charge is -2.19. The maximum atomic E-state index is 13.1. The first kappa shape index (κ1) is 20.8. The molecule has 0 unspecified atom stereocenters. The average Bonchev–Trinajstić information content (AvgIpc) is 3.32. The molecule has 1 fully saturated rings. The molecule has 1 aliphatic heterocycles. The van der Waals surface area contributed by atoms with E-state index in [0.717, 1.165) is 49.1 Å². The number of nitrogens with one attached hydrogen (secondary N) is 1. The van der Waals surface area contributed by atoms with Gasteiger partial charge in [-0.2, -0.15) is 13.2 Å². The molecular weight excluding hydrogens is 405 g/mol. The molecule has 3 aromatic rings. The summed E-state index contributed by atoms with van der Waals surface area (Å²) < 4.78 is 39.4. The summed E-state index contributed by atoms with van der Waals surface area (Å²) in [6.45, 7) is 1.66. The third kappa shape index (κ3) is 4.68. The van der Waals surface area contributed by atoms with Crippen molar-refractivity contribution in [2.45, 2.75) is 25.6 Å². The highest BCUT2D eigenvalue weighted by atomic mass is 19.4. The molecule has 1 amide bonds. The van der Waals surface area contributed by atoms with Crippen LogP contribution in [0.1, 0.15) is 34.3 Å². The Balaban J connectivity index is 1.48. The highest BCUT2D eigenvalue weighted by molar-refractivity contribution is 5.94. The van der Waals surface area contributed by atoms with E-state index in [1.807, 2.05) is 0 Å². The second-order valence-corrected chi connectivity index (χ2v) is 7.34. The van der Waals surface area contributed by atoms with Gasteiger partial charge in [0, 0.05) is 43.2 Å². The van der Waals surface area contributed by atoms with Gasteiger partial charge in [-0.15, -0.1) is 0 Å². The number of rotatable bonds is 5. The van der Waals surface area contributed by atoms with Gasteiger partial charge in [0.15, 0.2) is 5.82 Å². The molecule has 0 aliphatic carbocycles. The van der Waals surface area contributed by atoms with Crippen molar-refractivity contribution in [2.75, 3.05) is 18.0 Å². The topological polar surface area (TPSA) is 58.1 Å². The van der Waals surface area contributed by atoms with Crippen molar-refractivity contribution in [3.05, 3.63) is 77.6 Å². The SMILES string of the molecule is O=C(NCc1ccccc1C(F)(F)F)c1ccc(-c2nccnc2N2CCCC2)cc1. The summed E-state index contributed by atoms with van der Waals surface area (Å²) >= 11 is 0. The predicted molar refractivity (Wildman–Crippen MR) is 112 cm³/mol. The first-order valence-corrected chi connectivity index (χ1v) is 10.0. The summed E-state index contributed by atoms with van der Waals surface area (Å²) in [6, 6.07) is 12.1. The van der Waals surface area contributed by atoms with Crippen molar-refractivity contribution in [3.8, 4) is 11.3 Å². The maximum absolute atomic E-state index is 13.1. The molecule has 2 heterocycles. The number of hydrogen-bond acceptors (Lipinski definition) is 4. The van der Waals surface area contributed by atoms with E-state index >= 15 is 0 Å². The van der Waals surface area contributed by atoms with Crippen LogP contribution < -0.4 is 10.2 Å². The number of halogens is 3. The molecule has 0 spiro atoms. The van der Waals surface area contributed by atoms with E-state index in [1.165, 1.54) is 18.2 Å². The van der Waals surface area contributed by atoms with E-state index < -0.39 is 17.6 Å². The van der Waals surface area contributed by atoms with Crippen LogP contribution in [-0.4, -0.2) is 29.0 Å². The number of nitrogens with zero attached hydrogens (tertiary/aromatic N) is 3. The van der Waals surface area contributed by atoms with Crippen LogP contribution in [0.4, 0.5) is 19.0 Å². The number of aromatic nitrogens is 2. The first-order chi connectivity index (χ1) is 14.9. The number of hydrogen-bond donors (Lipinski definition) is 1. The fourth-order valence-corrected chi connectivity index (χ4v) is 3.70. The van der Waals surface area contributed by atoms with Crippen molar-refractivity contribution >= 4 is 11.7 Å². The first-order valence-electron chi connectivity index (χ1n) is 10.0. The third-order valence-electron chi connectivity index (χ3n) is 5.27. The van der Waals surface area contributed by atoms with Crippen LogP contribution in [0, 0.1) is 0 Å². The lowest BCUT2D eigenvalue weighted by molar-refractivity contribution is -0.138. The van der Waals surface area contributed by atoms with Gasteiger partial charge in [-0.05, 0) is 36.6 Å². The molecule has 2 aromatic carbocycles. The number of anilines is 1. The normalized spacial score (nSPS) is 14.0. The van der Waals surface area contributed by atoms with Gasteiger partial charge < -0.3 is 10.2 Å². The van der Waals surface area contributed by atoms with E-state index in [2.05, 4.69) is 20.2 Å². The van der Waals surface area contributed by atoms with Gasteiger partial charge in [-0.1, -0.05) is 30.3 Å². The monoisotopic (exact) mass is 426 g/mol. The van der Waals surface area contributed by atoms with Gasteiger partial charge in [0.25, 0.3) is 5.91 Å². The predicted octanol–water partition coefficient (Wildman–Crippen LogP) is 4.69. The van der Waals surface area contributed by atoms with Crippen molar-refractivity contribution in [1.82, 2.24) is 15.3 Å². The number of carbonyl (C=O) groups is 1. The molecule has 1 N–H and O–H groups in total. The largest absolute Gasteiger partial charge is 0.416 e. The molecule has 5 nitrogen and oxygen atoms in total. The highest BCUT2D eigenvalue weighted by Crippen LogP contribution is 2.32. The maximum Gasteiger partial charge on any atom is 0.416 e. The fourth-order valence-electron chi connectivity index (χ4n) is 3.70. The molecule has 31 heavy (non-hydrogen) atoms. The van der Waals surface area contributed by atoms with Crippen molar-refractivity contribution < 1.29 is 18.0 Å². The van der Waals surface area contributed by atoms with Crippen LogP contribution in [0.25, 0.3) is 11.3 Å². The second kappa shape index (κ2) is 8.75. The van der Waals surface area contributed by atoms with Crippen LogP contribution in [0.3, 0.4) is 0 Å². The highest BCUT2D eigenvalue weighted by Gasteiger charge is 2.32. The third-order valence-corrected chi connectivity index (χ3v) is 5.27. The van der Waals surface area contributed by atoms with E-state index in [9.17, 15) is 18.0 Å². The molecular formula is C23H21F3N4O. The van der Waals surface area contributed by atoms with Gasteiger partial charge in [-0.3, -0.25) is 9.78 Å². The smallest absolute Gasteiger partial charge is 0.355 e. The fraction of sp³-hybridized carbons (Fsp3) is 0.261. The Labute approximate surface area is 178 Å². The van der Waals surface area contributed by atoms with Gasteiger partial charge in [0.2, 0.25) is 0 Å². The minimum Gasteiger partial charge on any atom is -0.355 e. The molecule has 1 saturated heterocycles. The van der Waals surface area contributed by atoms with E-state index in [1.54, 1.807) is 36.7 Å². The number of carbonyl (C=O) groups excluding carboxylic acids is 1. The number of benzene rings is 2. The van der Waals surface area contributed by atoms with E-state index in [0.29, 0.717) is 5.56 Å². The zero-order valence-electron chi connectivity index (χ0n) is 16.7. The Bertz CT molecular complexity index is 1060. The zero-order valence-corrected chi connectivity index (χ0v) is 16.7. The Morgan fingerprint density at radius 1 is 0.968 bits per heavy atom. The minimum atomic E-state index is -4.47. The number of amides is 1. The van der Waals surface area contributed by atoms with Crippen LogP contribution in [-0.2, 0) is 12.7 Å². The summed E-state index contributed by atoms with van der Waals surface area (Å²) in [5, 5.41) is 2.57. The molecule has 0 radical (unpaired) electrons. The van der Waals surface area contributed by atoms with Crippen molar-refractivity contribution in [1.29, 1.82) is 0 Å². The van der Waals surface area contributed by atoms with Crippen LogP contribution in [0.2, 0.25) is 0 Å². The Morgan fingerprint density at radius 2 is 1.65 bits per heavy atom. The van der Waals surface area contributed by atoms with Crippen LogP contribution in [0.5, 0.6) is 0 Å². The summed E-state index contributed by atoms with van der Waals surface area (Å²) in [6.07, 6.45) is 1.07. The molecule has 160 valence electrons. The van der Waals surface area contributed by atoms with Gasteiger partial charge in [0.05, 0.1) is 5.56 Å². The summed E-state index contributed by atoms with van der Waals surface area (Å²) in [7, 11) is 0. The summed E-state index contributed by atoms with van der Waals surface area (Å²) in [5.74, 6) is 0.378. The molecule has 8 heteroatoms. The zero-order chi connectivity index (χ0) is 21.8. The van der Waals surface area contributed by atoms with Crippen molar-refractivity contribution in [3.63, 3.8) is 0 Å². The quantitative estimate of drug-likeness (QED) is 0.643. The van der Waals surface area contributed by atoms with E-state index in [4.69, 9.17) is 0 Å². The lowest BCUT2D eigenvalue weighted by Crippen LogP contribution is -2.24. The van der Waals surface area contributed by atoms with Crippen LogP contribution in [0.15, 0.2) is 60.9 Å². The number of alkyl halides is 3. The van der Waals surface area contributed by atoms with Crippen LogP contribution >= 0.6 is 0 Å². The van der Waals surface area contributed by atoms with Crippen molar-refractivity contribution in [2.24, 2.45) is 0 Å². The Hall–Kier alpha value is -3.42. The molecule has 1 aliphatic rings. The lowest BCUT2D eigenvalue weighted by atomic mass is 10.1. The summed E-state index contributed by atoms with van der Waals surface area (Å²) in [5.41, 5.74) is 1.21. The molecule has 0 atom stereocenters. The average molecular weight is 426 g/mol. The minimum absolute atomic E-state index is 0.0229. The molecule has 4 rings (SSSR count). The van der Waals surface area contributed by atoms with Gasteiger partial charge >= 0.3 is 6.18 Å². The second-order valence-electron chi connectivity index (χ2n) is 7.34. The Kier molecular flexibility index (Phi) is 5.88. The Morgan fingerprint density at radius 3 is 2.35 bits per heavy atom. The molecule has 0 bridgehead atoms. The van der Waals surface area contributed by atoms with Gasteiger partial charge in [0.1, 0.15) is 5.69 Å². The van der Waals surface area contributed by atoms with E-state index in [-0.39, 0.29) is 12.1 Å². The standard InChI is InChI=1S/C23H21F3N4O/c24-23(25,26)19-6-2-1-5-18(19)15-29-22(31)17-9-7-16(8-10-17)20-21(28-12-11-27-20)30-13-3-4-14-30/h1-2,5-12H,3-4,13-15H2,(H,29,31). The van der Waals surface area contributed by atoms with Gasteiger partial charge in [-0.25, -0.2) is 4.98 Å². The summed E-state index contributed by atoms with van der Waals surface area (Å²) in [4.78, 5) is 23.6.